The average molecular weight is 416 g/mol. The van der Waals surface area contributed by atoms with Crippen molar-refractivity contribution >= 4 is 40.7 Å². The first kappa shape index (κ1) is 20.7. The lowest BCUT2D eigenvalue weighted by molar-refractivity contribution is -0.119. The first-order valence-corrected chi connectivity index (χ1v) is 9.57. The van der Waals surface area contributed by atoms with Crippen molar-refractivity contribution in [3.8, 4) is 5.75 Å². The molecule has 3 rings (SSSR count). The second-order valence-corrected chi connectivity index (χ2v) is 7.57. The average Bonchev–Trinajstić information content (AvgIpc) is 2.66. The molecule has 8 heteroatoms. The number of aryl methyl sites for hydroxylation is 1. The van der Waals surface area contributed by atoms with E-state index in [0.29, 0.717) is 22.7 Å². The van der Waals surface area contributed by atoms with Gasteiger partial charge in [-0.05, 0) is 30.5 Å². The second-order valence-electron chi connectivity index (χ2n) is 7.16. The van der Waals surface area contributed by atoms with E-state index in [9.17, 15) is 14.4 Å². The van der Waals surface area contributed by atoms with Crippen molar-refractivity contribution in [3.63, 3.8) is 0 Å². The van der Waals surface area contributed by atoms with Gasteiger partial charge < -0.3 is 20.7 Å². The normalized spacial score (nSPS) is 13.8. The number of benzene rings is 2. The number of carbonyl (C=O) groups excluding carboxylic acids is 3. The van der Waals surface area contributed by atoms with Gasteiger partial charge in [0.25, 0.3) is 11.8 Å². The van der Waals surface area contributed by atoms with Crippen LogP contribution in [0.5, 0.6) is 5.75 Å². The summed E-state index contributed by atoms with van der Waals surface area (Å²) in [5, 5.41) is 8.44. The van der Waals surface area contributed by atoms with Gasteiger partial charge in [-0.25, -0.2) is 0 Å². The standard InChI is InChI=1S/C21H22ClN3O4/c1-11(2)19(25-20(27)13-7-5-4-6-12(13)3)21(28)24-15-9-17-16(8-14(15)22)23-18(26)10-29-17/h4-9,11,19H,10H2,1-3H3,(H,23,26)(H,24,28)(H,25,27). The van der Waals surface area contributed by atoms with Crippen LogP contribution in [0.25, 0.3) is 0 Å². The van der Waals surface area contributed by atoms with E-state index >= 15 is 0 Å². The van der Waals surface area contributed by atoms with Crippen LogP contribution >= 0.6 is 11.6 Å². The molecule has 29 heavy (non-hydrogen) atoms. The van der Waals surface area contributed by atoms with Gasteiger partial charge in [0, 0.05) is 11.6 Å². The number of amides is 3. The van der Waals surface area contributed by atoms with E-state index in [-0.39, 0.29) is 29.4 Å². The summed E-state index contributed by atoms with van der Waals surface area (Å²) in [6.07, 6.45) is 0. The summed E-state index contributed by atoms with van der Waals surface area (Å²) in [7, 11) is 0. The predicted octanol–water partition coefficient (Wildman–Crippen LogP) is 3.37. The number of hydrogen-bond donors (Lipinski definition) is 3. The molecule has 7 nitrogen and oxygen atoms in total. The van der Waals surface area contributed by atoms with Gasteiger partial charge in [0.1, 0.15) is 11.8 Å². The maximum atomic E-state index is 12.9. The molecule has 0 saturated carbocycles. The Bertz CT molecular complexity index is 974. The molecular weight excluding hydrogens is 394 g/mol. The van der Waals surface area contributed by atoms with Crippen molar-refractivity contribution in [1.29, 1.82) is 0 Å². The van der Waals surface area contributed by atoms with Crippen LogP contribution in [0, 0.1) is 12.8 Å². The van der Waals surface area contributed by atoms with Crippen LogP contribution in [-0.4, -0.2) is 30.4 Å². The highest BCUT2D eigenvalue weighted by Gasteiger charge is 2.27. The lowest BCUT2D eigenvalue weighted by atomic mass is 10.0. The Kier molecular flexibility index (Phi) is 6.08. The fourth-order valence-corrected chi connectivity index (χ4v) is 3.20. The molecule has 1 heterocycles. The van der Waals surface area contributed by atoms with E-state index in [1.54, 1.807) is 18.2 Å². The van der Waals surface area contributed by atoms with E-state index < -0.39 is 11.9 Å². The highest BCUT2D eigenvalue weighted by molar-refractivity contribution is 6.34. The fourth-order valence-electron chi connectivity index (χ4n) is 2.99. The van der Waals surface area contributed by atoms with Gasteiger partial charge in [0.05, 0.1) is 16.4 Å². The molecule has 0 spiro atoms. The molecule has 0 bridgehead atoms. The Hall–Kier alpha value is -3.06. The smallest absolute Gasteiger partial charge is 0.262 e. The van der Waals surface area contributed by atoms with E-state index in [0.717, 1.165) is 5.56 Å². The number of carbonyl (C=O) groups is 3. The van der Waals surface area contributed by atoms with Crippen LogP contribution in [0.4, 0.5) is 11.4 Å². The molecule has 0 fully saturated rings. The van der Waals surface area contributed by atoms with Crippen LogP contribution in [0.2, 0.25) is 5.02 Å². The highest BCUT2D eigenvalue weighted by atomic mass is 35.5. The van der Waals surface area contributed by atoms with Gasteiger partial charge in [-0.2, -0.15) is 0 Å². The summed E-state index contributed by atoms with van der Waals surface area (Å²) < 4.78 is 5.36. The minimum atomic E-state index is -0.769. The second kappa shape index (κ2) is 8.53. The summed E-state index contributed by atoms with van der Waals surface area (Å²) in [4.78, 5) is 37.0. The molecule has 0 aliphatic carbocycles. The lowest BCUT2D eigenvalue weighted by Gasteiger charge is -2.24. The predicted molar refractivity (Wildman–Crippen MR) is 111 cm³/mol. The largest absolute Gasteiger partial charge is 0.482 e. The number of halogens is 1. The van der Waals surface area contributed by atoms with Crippen LogP contribution in [0.1, 0.15) is 29.8 Å². The Morgan fingerprint density at radius 3 is 2.62 bits per heavy atom. The third-order valence-electron chi connectivity index (χ3n) is 4.59. The SMILES string of the molecule is Cc1ccccc1C(=O)NC(C(=O)Nc1cc2c(cc1Cl)NC(=O)CO2)C(C)C. The molecule has 2 aromatic rings. The fraction of sp³-hybridized carbons (Fsp3) is 0.286. The summed E-state index contributed by atoms with van der Waals surface area (Å²) >= 11 is 6.25. The number of hydrogen-bond acceptors (Lipinski definition) is 4. The Labute approximate surface area is 173 Å². The van der Waals surface area contributed by atoms with Gasteiger partial charge in [-0.1, -0.05) is 43.6 Å². The van der Waals surface area contributed by atoms with E-state index in [4.69, 9.17) is 16.3 Å². The van der Waals surface area contributed by atoms with Crippen molar-refractivity contribution in [2.24, 2.45) is 5.92 Å². The van der Waals surface area contributed by atoms with Gasteiger partial charge in [0.2, 0.25) is 5.91 Å². The number of fused-ring (bicyclic) bond motifs is 1. The minimum Gasteiger partial charge on any atom is -0.482 e. The lowest BCUT2D eigenvalue weighted by Crippen LogP contribution is -2.47. The van der Waals surface area contributed by atoms with Gasteiger partial charge in [-0.3, -0.25) is 14.4 Å². The third kappa shape index (κ3) is 4.68. The molecule has 1 atom stereocenters. The molecule has 0 saturated heterocycles. The molecule has 152 valence electrons. The molecule has 3 N–H and O–H groups in total. The summed E-state index contributed by atoms with van der Waals surface area (Å²) in [6, 6.07) is 9.47. The van der Waals surface area contributed by atoms with E-state index in [1.165, 1.54) is 6.07 Å². The molecule has 1 aliphatic rings. The molecule has 1 unspecified atom stereocenters. The van der Waals surface area contributed by atoms with E-state index in [2.05, 4.69) is 16.0 Å². The topological polar surface area (TPSA) is 96.5 Å². The van der Waals surface area contributed by atoms with Crippen LogP contribution in [-0.2, 0) is 9.59 Å². The Morgan fingerprint density at radius 2 is 1.93 bits per heavy atom. The molecule has 0 radical (unpaired) electrons. The monoisotopic (exact) mass is 415 g/mol. The molecule has 2 aromatic carbocycles. The molecule has 0 aromatic heterocycles. The number of ether oxygens (including phenoxy) is 1. The summed E-state index contributed by atoms with van der Waals surface area (Å²) in [5.41, 5.74) is 2.12. The van der Waals surface area contributed by atoms with Crippen molar-refractivity contribution in [1.82, 2.24) is 5.32 Å². The zero-order chi connectivity index (χ0) is 21.1. The zero-order valence-corrected chi connectivity index (χ0v) is 17.1. The molecule has 1 aliphatic heterocycles. The Balaban J connectivity index is 1.77. The van der Waals surface area contributed by atoms with Crippen molar-refractivity contribution in [2.45, 2.75) is 26.8 Å². The Morgan fingerprint density at radius 1 is 1.21 bits per heavy atom. The third-order valence-corrected chi connectivity index (χ3v) is 4.90. The summed E-state index contributed by atoms with van der Waals surface area (Å²) in [6.45, 7) is 5.42. The van der Waals surface area contributed by atoms with Crippen LogP contribution in [0.15, 0.2) is 36.4 Å². The molecular formula is C21H22ClN3O4. The van der Waals surface area contributed by atoms with Crippen LogP contribution < -0.4 is 20.7 Å². The highest BCUT2D eigenvalue weighted by Crippen LogP contribution is 2.36. The maximum Gasteiger partial charge on any atom is 0.262 e. The first-order valence-electron chi connectivity index (χ1n) is 9.20. The van der Waals surface area contributed by atoms with Gasteiger partial charge >= 0.3 is 0 Å². The summed E-state index contributed by atoms with van der Waals surface area (Å²) in [5.74, 6) is -0.739. The van der Waals surface area contributed by atoms with Crippen molar-refractivity contribution in [3.05, 3.63) is 52.5 Å². The zero-order valence-electron chi connectivity index (χ0n) is 16.3. The van der Waals surface area contributed by atoms with Crippen LogP contribution in [0.3, 0.4) is 0 Å². The van der Waals surface area contributed by atoms with Crippen molar-refractivity contribution < 1.29 is 19.1 Å². The number of anilines is 2. The first-order chi connectivity index (χ1) is 13.8. The number of nitrogens with one attached hydrogen (secondary N) is 3. The quantitative estimate of drug-likeness (QED) is 0.697. The number of rotatable bonds is 5. The van der Waals surface area contributed by atoms with Crippen molar-refractivity contribution in [2.75, 3.05) is 17.2 Å². The van der Waals surface area contributed by atoms with E-state index in [1.807, 2.05) is 32.9 Å². The minimum absolute atomic E-state index is 0.108. The van der Waals surface area contributed by atoms with Gasteiger partial charge in [0.15, 0.2) is 6.61 Å². The van der Waals surface area contributed by atoms with Gasteiger partial charge in [-0.15, -0.1) is 0 Å². The maximum absolute atomic E-state index is 12.9. The molecule has 3 amide bonds.